The van der Waals surface area contributed by atoms with Crippen molar-refractivity contribution < 1.29 is 19.1 Å². The molecule has 0 radical (unpaired) electrons. The number of hydrogen-bond donors (Lipinski definition) is 0. The van der Waals surface area contributed by atoms with Gasteiger partial charge >= 0.3 is 6.16 Å². The molecule has 1 atom stereocenters. The summed E-state index contributed by atoms with van der Waals surface area (Å²) < 4.78 is 10.8. The Hall–Kier alpha value is -2.79. The fraction of sp³-hybridized carbons (Fsp3) is 0.400. The normalized spacial score (nSPS) is 15.8. The molecule has 0 heterocycles. The zero-order valence-electron chi connectivity index (χ0n) is 21.3. The number of hydrogen-bond acceptors (Lipinski definition) is 5. The molecule has 186 valence electrons. The van der Waals surface area contributed by atoms with Crippen molar-refractivity contribution in [2.45, 2.75) is 64.7 Å². The molecule has 1 aliphatic carbocycles. The highest BCUT2D eigenvalue weighted by molar-refractivity contribution is 7.99. The third-order valence-corrected chi connectivity index (χ3v) is 7.35. The van der Waals surface area contributed by atoms with Gasteiger partial charge in [-0.25, -0.2) is 4.79 Å². The van der Waals surface area contributed by atoms with Gasteiger partial charge in [-0.2, -0.15) is 0 Å². The molecule has 0 aliphatic heterocycles. The fourth-order valence-corrected chi connectivity index (χ4v) is 5.60. The van der Waals surface area contributed by atoms with E-state index in [2.05, 4.69) is 70.7 Å². The van der Waals surface area contributed by atoms with Gasteiger partial charge in [-0.05, 0) is 73.6 Å². The lowest BCUT2D eigenvalue weighted by Gasteiger charge is -2.28. The van der Waals surface area contributed by atoms with Crippen molar-refractivity contribution in [1.29, 1.82) is 0 Å². The van der Waals surface area contributed by atoms with Crippen LogP contribution in [0.3, 0.4) is 0 Å². The van der Waals surface area contributed by atoms with Crippen molar-refractivity contribution >= 4 is 29.3 Å². The standard InChI is InChI=1S/C30H36O4S/c1-6-14-33-30(32)34-27-19-22(13-15-35-25-11-9-20(4)10-12-25)18-26(31)29(27)28-23(7-2)16-21(5)17-24(28)8-3/h6,9-12,16-17,22H,1,7-8,13-15,18-19H2,2-5H3. The number of rotatable bonds is 10. The second-order valence-electron chi connectivity index (χ2n) is 9.06. The van der Waals surface area contributed by atoms with Crippen molar-refractivity contribution in [3.8, 4) is 0 Å². The number of thioether (sulfide) groups is 1. The van der Waals surface area contributed by atoms with Crippen LogP contribution in [0.4, 0.5) is 4.79 Å². The van der Waals surface area contributed by atoms with Crippen molar-refractivity contribution in [3.63, 3.8) is 0 Å². The van der Waals surface area contributed by atoms with Crippen molar-refractivity contribution in [2.75, 3.05) is 12.4 Å². The summed E-state index contributed by atoms with van der Waals surface area (Å²) >= 11 is 1.79. The van der Waals surface area contributed by atoms with E-state index in [1.165, 1.54) is 22.1 Å². The van der Waals surface area contributed by atoms with Gasteiger partial charge in [0.15, 0.2) is 5.78 Å². The van der Waals surface area contributed by atoms with Crippen molar-refractivity contribution in [1.82, 2.24) is 0 Å². The Labute approximate surface area is 213 Å². The average Bonchev–Trinajstić information content (AvgIpc) is 2.84. The van der Waals surface area contributed by atoms with Crippen LogP contribution >= 0.6 is 11.8 Å². The first-order chi connectivity index (χ1) is 16.9. The molecule has 0 spiro atoms. The average molecular weight is 493 g/mol. The van der Waals surface area contributed by atoms with E-state index >= 15 is 0 Å². The fourth-order valence-electron chi connectivity index (χ4n) is 4.59. The smallest absolute Gasteiger partial charge is 0.430 e. The Balaban J connectivity index is 1.90. The van der Waals surface area contributed by atoms with E-state index in [9.17, 15) is 9.59 Å². The summed E-state index contributed by atoms with van der Waals surface area (Å²) in [7, 11) is 0. The van der Waals surface area contributed by atoms with Gasteiger partial charge < -0.3 is 9.47 Å². The van der Waals surface area contributed by atoms with E-state index in [0.717, 1.165) is 41.7 Å². The zero-order chi connectivity index (χ0) is 25.4. The second-order valence-corrected chi connectivity index (χ2v) is 10.2. The molecule has 0 saturated heterocycles. The molecule has 0 bridgehead atoms. The summed E-state index contributed by atoms with van der Waals surface area (Å²) in [6, 6.07) is 12.7. The third kappa shape index (κ3) is 7.11. The molecule has 0 aromatic heterocycles. The van der Waals surface area contributed by atoms with Gasteiger partial charge in [-0.15, -0.1) is 11.8 Å². The van der Waals surface area contributed by atoms with Crippen LogP contribution in [0.5, 0.6) is 0 Å². The van der Waals surface area contributed by atoms with Crippen molar-refractivity contribution in [3.05, 3.63) is 82.6 Å². The van der Waals surface area contributed by atoms with Gasteiger partial charge in [-0.1, -0.05) is 61.9 Å². The number of ether oxygens (including phenoxy) is 2. The lowest BCUT2D eigenvalue weighted by molar-refractivity contribution is -0.115. The van der Waals surface area contributed by atoms with Crippen LogP contribution in [0.1, 0.15) is 60.9 Å². The van der Waals surface area contributed by atoms with E-state index in [0.29, 0.717) is 24.2 Å². The maximum Gasteiger partial charge on any atom is 0.513 e. The molecule has 0 fully saturated rings. The summed E-state index contributed by atoms with van der Waals surface area (Å²) in [6.45, 7) is 12.0. The maximum atomic E-state index is 13.6. The van der Waals surface area contributed by atoms with Crippen LogP contribution in [0.15, 0.2) is 59.7 Å². The molecule has 3 rings (SSSR count). The Kier molecular flexibility index (Phi) is 9.79. The predicted octanol–water partition coefficient (Wildman–Crippen LogP) is 7.64. The Bertz CT molecular complexity index is 1070. The molecule has 5 heteroatoms. The lowest BCUT2D eigenvalue weighted by atomic mass is 9.79. The number of aryl methyl sites for hydroxylation is 4. The molecule has 2 aromatic rings. The highest BCUT2D eigenvalue weighted by Gasteiger charge is 2.33. The Morgan fingerprint density at radius 2 is 1.71 bits per heavy atom. The largest absolute Gasteiger partial charge is 0.513 e. The lowest BCUT2D eigenvalue weighted by Crippen LogP contribution is -2.23. The van der Waals surface area contributed by atoms with Crippen LogP contribution in [0.2, 0.25) is 0 Å². The van der Waals surface area contributed by atoms with E-state index in [-0.39, 0.29) is 18.3 Å². The van der Waals surface area contributed by atoms with Gasteiger partial charge in [0, 0.05) is 17.7 Å². The minimum Gasteiger partial charge on any atom is -0.430 e. The monoisotopic (exact) mass is 492 g/mol. The number of benzene rings is 2. The highest BCUT2D eigenvalue weighted by atomic mass is 32.2. The van der Waals surface area contributed by atoms with Crippen LogP contribution < -0.4 is 0 Å². The van der Waals surface area contributed by atoms with Crippen LogP contribution in [-0.2, 0) is 27.1 Å². The van der Waals surface area contributed by atoms with Crippen LogP contribution in [0, 0.1) is 19.8 Å². The first kappa shape index (κ1) is 26.8. The molecule has 2 aromatic carbocycles. The molecule has 0 amide bonds. The summed E-state index contributed by atoms with van der Waals surface area (Å²) in [5, 5.41) is 0. The number of allylic oxidation sites excluding steroid dienone is 2. The van der Waals surface area contributed by atoms with E-state index in [4.69, 9.17) is 9.47 Å². The van der Waals surface area contributed by atoms with E-state index in [1.807, 2.05) is 0 Å². The quantitative estimate of drug-likeness (QED) is 0.194. The van der Waals surface area contributed by atoms with Crippen LogP contribution in [-0.4, -0.2) is 24.3 Å². The van der Waals surface area contributed by atoms with E-state index < -0.39 is 6.16 Å². The Morgan fingerprint density at radius 3 is 2.31 bits per heavy atom. The summed E-state index contributed by atoms with van der Waals surface area (Å²) in [6.07, 6.45) is 4.16. The van der Waals surface area contributed by atoms with Gasteiger partial charge in [0.25, 0.3) is 0 Å². The summed E-state index contributed by atoms with van der Waals surface area (Å²) in [4.78, 5) is 27.2. The van der Waals surface area contributed by atoms with E-state index in [1.54, 1.807) is 11.8 Å². The highest BCUT2D eigenvalue weighted by Crippen LogP contribution is 2.39. The number of carbonyl (C=O) groups is 2. The topological polar surface area (TPSA) is 52.6 Å². The molecular formula is C30H36O4S. The number of carbonyl (C=O) groups excluding carboxylic acids is 2. The van der Waals surface area contributed by atoms with Gasteiger partial charge in [0.05, 0.1) is 5.57 Å². The van der Waals surface area contributed by atoms with Gasteiger partial charge in [0.2, 0.25) is 0 Å². The molecule has 1 unspecified atom stereocenters. The molecule has 1 aliphatic rings. The first-order valence-electron chi connectivity index (χ1n) is 12.4. The maximum absolute atomic E-state index is 13.6. The van der Waals surface area contributed by atoms with Gasteiger partial charge in [0.1, 0.15) is 12.4 Å². The predicted molar refractivity (Wildman–Crippen MR) is 144 cm³/mol. The number of Topliss-reactive ketones (excluding diaryl/α,β-unsaturated/α-hetero) is 1. The molecule has 0 N–H and O–H groups in total. The molecule has 0 saturated carbocycles. The van der Waals surface area contributed by atoms with Crippen molar-refractivity contribution in [2.24, 2.45) is 5.92 Å². The van der Waals surface area contributed by atoms with Gasteiger partial charge in [-0.3, -0.25) is 4.79 Å². The van der Waals surface area contributed by atoms with Crippen LogP contribution in [0.25, 0.3) is 5.57 Å². The second kappa shape index (κ2) is 12.8. The molecule has 35 heavy (non-hydrogen) atoms. The molecular weight excluding hydrogens is 456 g/mol. The zero-order valence-corrected chi connectivity index (χ0v) is 22.1. The minimum absolute atomic E-state index is 0.0429. The summed E-state index contributed by atoms with van der Waals surface area (Å²) in [5.74, 6) is 1.50. The first-order valence-corrected chi connectivity index (χ1v) is 13.4. The summed E-state index contributed by atoms with van der Waals surface area (Å²) in [5.41, 5.74) is 6.12. The SMILES string of the molecule is C=CCOC(=O)OC1=C(c2c(CC)cc(C)cc2CC)C(=O)CC(CCSc2ccc(C)cc2)C1. The molecule has 4 nitrogen and oxygen atoms in total. The number of ketones is 1. The Morgan fingerprint density at radius 1 is 1.06 bits per heavy atom. The third-order valence-electron chi connectivity index (χ3n) is 6.31. The minimum atomic E-state index is -0.789.